The Morgan fingerprint density at radius 2 is 2.07 bits per heavy atom. The van der Waals surface area contributed by atoms with Gasteiger partial charge in [0.1, 0.15) is 5.75 Å². The van der Waals surface area contributed by atoms with Crippen LogP contribution in [0, 0.1) is 0 Å². The Kier molecular flexibility index (Phi) is 2.38. The molecule has 14 heavy (non-hydrogen) atoms. The normalized spacial score (nSPS) is 25.6. The summed E-state index contributed by atoms with van der Waals surface area (Å²) >= 11 is 0. The van der Waals surface area contributed by atoms with Gasteiger partial charge in [-0.05, 0) is 6.07 Å². The third-order valence-corrected chi connectivity index (χ3v) is 4.44. The predicted octanol–water partition coefficient (Wildman–Crippen LogP) is 3.20. The molecule has 1 unspecified atom stereocenters. The van der Waals surface area contributed by atoms with Gasteiger partial charge in [0.2, 0.25) is 0 Å². The zero-order valence-corrected chi connectivity index (χ0v) is 9.16. The van der Waals surface area contributed by atoms with Crippen LogP contribution < -0.4 is 4.52 Å². The highest BCUT2D eigenvalue weighted by Gasteiger charge is 2.35. The lowest BCUT2D eigenvalue weighted by Gasteiger charge is -2.28. The molecule has 1 heterocycles. The molecule has 1 aliphatic heterocycles. The van der Waals surface area contributed by atoms with Crippen molar-refractivity contribution in [2.45, 2.75) is 26.1 Å². The van der Waals surface area contributed by atoms with Gasteiger partial charge in [0.05, 0.1) is 12.3 Å². The van der Waals surface area contributed by atoms with Crippen LogP contribution >= 0.6 is 7.60 Å². The zero-order valence-electron chi connectivity index (χ0n) is 8.27. The minimum absolute atomic E-state index is 0.101. The second-order valence-electron chi connectivity index (χ2n) is 3.61. The third kappa shape index (κ3) is 1.58. The first-order chi connectivity index (χ1) is 6.62. The number of para-hydroxylation sites is 1. The highest BCUT2D eigenvalue weighted by atomic mass is 31.2. The molecule has 1 aromatic rings. The van der Waals surface area contributed by atoms with Crippen LogP contribution in [0.15, 0.2) is 24.3 Å². The molecule has 0 aliphatic carbocycles. The average molecular weight is 212 g/mol. The van der Waals surface area contributed by atoms with Gasteiger partial charge in [-0.1, -0.05) is 32.0 Å². The summed E-state index contributed by atoms with van der Waals surface area (Å²) in [7, 11) is -2.92. The molecule has 1 aliphatic rings. The smallest absolute Gasteiger partial charge is 0.382 e. The molecule has 0 saturated heterocycles. The Hall–Kier alpha value is -0.790. The van der Waals surface area contributed by atoms with Crippen LogP contribution in [0.25, 0.3) is 0 Å². The van der Waals surface area contributed by atoms with Crippen LogP contribution in [0.4, 0.5) is 0 Å². The predicted molar refractivity (Wildman–Crippen MR) is 54.6 cm³/mol. The van der Waals surface area contributed by atoms with E-state index in [0.717, 1.165) is 5.56 Å². The number of hydrogen-bond donors (Lipinski definition) is 0. The molecule has 0 aromatic heterocycles. The lowest BCUT2D eigenvalue weighted by molar-refractivity contribution is 0.227. The molecule has 4 heteroatoms. The molecule has 2 rings (SSSR count). The van der Waals surface area contributed by atoms with E-state index >= 15 is 0 Å². The summed E-state index contributed by atoms with van der Waals surface area (Å²) in [4.78, 5) is 0. The second-order valence-corrected chi connectivity index (χ2v) is 6.16. The van der Waals surface area contributed by atoms with E-state index in [2.05, 4.69) is 0 Å². The molecule has 0 spiro atoms. The van der Waals surface area contributed by atoms with Crippen LogP contribution in [0.1, 0.15) is 19.4 Å². The fourth-order valence-corrected chi connectivity index (χ4v) is 2.62. The summed E-state index contributed by atoms with van der Waals surface area (Å²) in [5.41, 5.74) is 0.857. The first-order valence-electron chi connectivity index (χ1n) is 4.63. The Bertz CT molecular complexity index is 387. The van der Waals surface area contributed by atoms with Gasteiger partial charge in [-0.15, -0.1) is 0 Å². The van der Waals surface area contributed by atoms with Crippen molar-refractivity contribution in [1.82, 2.24) is 0 Å². The zero-order chi connectivity index (χ0) is 10.2. The maximum Gasteiger partial charge on any atom is 0.382 e. The number of fused-ring (bicyclic) bond motifs is 1. The van der Waals surface area contributed by atoms with Crippen LogP contribution in [-0.4, -0.2) is 5.66 Å². The van der Waals surface area contributed by atoms with E-state index in [0.29, 0.717) is 12.4 Å². The highest BCUT2D eigenvalue weighted by molar-refractivity contribution is 7.55. The van der Waals surface area contributed by atoms with Crippen LogP contribution in [-0.2, 0) is 15.7 Å². The number of rotatable bonds is 1. The summed E-state index contributed by atoms with van der Waals surface area (Å²) in [6.07, 6.45) is 0. The van der Waals surface area contributed by atoms with Crippen molar-refractivity contribution >= 4 is 7.60 Å². The summed E-state index contributed by atoms with van der Waals surface area (Å²) < 4.78 is 22.8. The van der Waals surface area contributed by atoms with Crippen molar-refractivity contribution in [2.24, 2.45) is 0 Å². The van der Waals surface area contributed by atoms with Crippen LogP contribution in [0.2, 0.25) is 0 Å². The summed E-state index contributed by atoms with van der Waals surface area (Å²) in [6.45, 7) is 4.06. The van der Waals surface area contributed by atoms with Gasteiger partial charge in [0.15, 0.2) is 0 Å². The Labute approximate surface area is 83.6 Å². The molecular weight excluding hydrogens is 199 g/mol. The van der Waals surface area contributed by atoms with Gasteiger partial charge in [0.25, 0.3) is 0 Å². The fourth-order valence-electron chi connectivity index (χ4n) is 1.29. The Morgan fingerprint density at radius 3 is 2.79 bits per heavy atom. The van der Waals surface area contributed by atoms with E-state index < -0.39 is 7.60 Å². The summed E-state index contributed by atoms with van der Waals surface area (Å²) in [5.74, 6) is 0.691. The van der Waals surface area contributed by atoms with Gasteiger partial charge in [-0.2, -0.15) is 0 Å². The molecule has 0 bridgehead atoms. The maximum absolute atomic E-state index is 12.1. The highest BCUT2D eigenvalue weighted by Crippen LogP contribution is 2.56. The molecule has 1 aromatic carbocycles. The molecule has 0 fully saturated rings. The van der Waals surface area contributed by atoms with E-state index in [1.807, 2.05) is 38.1 Å². The van der Waals surface area contributed by atoms with Gasteiger partial charge >= 0.3 is 7.60 Å². The van der Waals surface area contributed by atoms with Gasteiger partial charge < -0.3 is 4.52 Å². The average Bonchev–Trinajstić information content (AvgIpc) is 2.17. The van der Waals surface area contributed by atoms with Gasteiger partial charge in [0, 0.05) is 5.56 Å². The standard InChI is InChI=1S/C10H13O3P/c1-8(2)14(11)12-7-9-5-3-4-6-10(9)13-14/h3-6,8H,7H2,1-2H3. The van der Waals surface area contributed by atoms with Crippen molar-refractivity contribution in [1.29, 1.82) is 0 Å². The molecule has 0 radical (unpaired) electrons. The molecular formula is C10H13O3P. The molecule has 0 N–H and O–H groups in total. The molecule has 0 saturated carbocycles. The minimum atomic E-state index is -2.92. The number of hydrogen-bond acceptors (Lipinski definition) is 3. The van der Waals surface area contributed by atoms with Crippen molar-refractivity contribution in [3.8, 4) is 5.75 Å². The van der Waals surface area contributed by atoms with Gasteiger partial charge in [-0.25, -0.2) is 4.57 Å². The van der Waals surface area contributed by atoms with E-state index in [4.69, 9.17) is 9.05 Å². The van der Waals surface area contributed by atoms with Gasteiger partial charge in [-0.3, -0.25) is 4.52 Å². The first kappa shape index (κ1) is 9.75. The molecule has 76 valence electrons. The topological polar surface area (TPSA) is 35.5 Å². The Balaban J connectivity index is 2.34. The van der Waals surface area contributed by atoms with Crippen molar-refractivity contribution in [2.75, 3.05) is 0 Å². The first-order valence-corrected chi connectivity index (χ1v) is 6.25. The minimum Gasteiger partial charge on any atom is -0.424 e. The largest absolute Gasteiger partial charge is 0.424 e. The van der Waals surface area contributed by atoms with Crippen molar-refractivity contribution in [3.05, 3.63) is 29.8 Å². The Morgan fingerprint density at radius 1 is 1.36 bits per heavy atom. The second kappa shape index (κ2) is 3.41. The third-order valence-electron chi connectivity index (χ3n) is 2.23. The van der Waals surface area contributed by atoms with E-state index in [9.17, 15) is 4.57 Å². The lowest BCUT2D eigenvalue weighted by Crippen LogP contribution is -2.13. The van der Waals surface area contributed by atoms with Crippen molar-refractivity contribution < 1.29 is 13.6 Å². The fraction of sp³-hybridized carbons (Fsp3) is 0.400. The van der Waals surface area contributed by atoms with Crippen LogP contribution in [0.3, 0.4) is 0 Å². The van der Waals surface area contributed by atoms with E-state index in [1.165, 1.54) is 0 Å². The van der Waals surface area contributed by atoms with Crippen molar-refractivity contribution in [3.63, 3.8) is 0 Å². The monoisotopic (exact) mass is 212 g/mol. The van der Waals surface area contributed by atoms with E-state index in [1.54, 1.807) is 0 Å². The maximum atomic E-state index is 12.1. The summed E-state index contributed by atoms with van der Waals surface area (Å²) in [5, 5.41) is 0. The molecule has 0 amide bonds. The quantitative estimate of drug-likeness (QED) is 0.670. The SMILES string of the molecule is CC(C)P1(=O)OCc2ccccc2O1. The molecule has 1 atom stereocenters. The molecule has 3 nitrogen and oxygen atoms in total. The van der Waals surface area contributed by atoms with Crippen LogP contribution in [0.5, 0.6) is 5.75 Å². The lowest BCUT2D eigenvalue weighted by atomic mass is 10.2. The van der Waals surface area contributed by atoms with E-state index in [-0.39, 0.29) is 5.66 Å². The number of benzene rings is 1. The summed E-state index contributed by atoms with van der Waals surface area (Å²) in [6, 6.07) is 7.53.